The SMILES string of the molecule is CC#N.[B]C1([B])C(Cn2cc(-c3ncnc(N)c3CC(OC)OC)cn2)C([B])([B])C([B])(O)C1([B])[B]. The molecule has 14 radical (unpaired) electrons. The molecule has 2 heterocycles. The number of nitrogens with zero attached hydrogens (tertiary/aromatic N) is 5. The van der Waals surface area contributed by atoms with Crippen LogP contribution >= 0.6 is 0 Å². The van der Waals surface area contributed by atoms with E-state index in [4.69, 9.17) is 75.4 Å². The molecule has 16 heteroatoms. The van der Waals surface area contributed by atoms with Crippen molar-refractivity contribution in [2.75, 3.05) is 20.0 Å². The van der Waals surface area contributed by atoms with Crippen molar-refractivity contribution in [1.82, 2.24) is 19.7 Å². The van der Waals surface area contributed by atoms with Gasteiger partial charge in [0.2, 0.25) is 0 Å². The fourth-order valence-electron chi connectivity index (χ4n) is 4.02. The van der Waals surface area contributed by atoms with Crippen LogP contribution in [0.4, 0.5) is 5.82 Å². The molecule has 35 heavy (non-hydrogen) atoms. The first-order chi connectivity index (χ1) is 16.1. The van der Waals surface area contributed by atoms with Crippen molar-refractivity contribution in [3.63, 3.8) is 0 Å². The summed E-state index contributed by atoms with van der Waals surface area (Å²) in [5.41, 5.74) is 5.33. The van der Waals surface area contributed by atoms with Gasteiger partial charge in [-0.05, 0) is 5.92 Å². The monoisotopic (exact) mass is 458 g/mol. The van der Waals surface area contributed by atoms with Crippen molar-refractivity contribution >= 4 is 60.7 Å². The Balaban J connectivity index is 0.00000137. The summed E-state index contributed by atoms with van der Waals surface area (Å²) in [7, 11) is 45.4. The van der Waals surface area contributed by atoms with Crippen LogP contribution in [-0.4, -0.2) is 106 Å². The zero-order valence-corrected chi connectivity index (χ0v) is 19.9. The van der Waals surface area contributed by atoms with E-state index in [1.807, 2.05) is 0 Å². The summed E-state index contributed by atoms with van der Waals surface area (Å²) in [5.74, 6) is -0.790. The third-order valence-electron chi connectivity index (χ3n) is 6.31. The van der Waals surface area contributed by atoms with E-state index in [9.17, 15) is 5.11 Å². The summed E-state index contributed by atoms with van der Waals surface area (Å²) in [6.45, 7) is 1.38. The first-order valence-electron chi connectivity index (χ1n) is 10.4. The fraction of sp³-hybridized carbons (Fsp3) is 0.579. The number of anilines is 1. The van der Waals surface area contributed by atoms with Gasteiger partial charge in [-0.3, -0.25) is 4.68 Å². The molecule has 166 valence electrons. The molecule has 0 aliphatic heterocycles. The van der Waals surface area contributed by atoms with E-state index in [0.29, 0.717) is 23.2 Å². The second-order valence-corrected chi connectivity index (χ2v) is 8.42. The highest BCUT2D eigenvalue weighted by molar-refractivity contribution is 6.61. The second kappa shape index (κ2) is 10.5. The number of ether oxygens (including phenoxy) is 2. The van der Waals surface area contributed by atoms with Gasteiger partial charge in [-0.2, -0.15) is 10.4 Å². The Bertz CT molecular complexity index is 1040. The van der Waals surface area contributed by atoms with Crippen molar-refractivity contribution in [2.24, 2.45) is 5.92 Å². The number of nitrogens with two attached hydrogens (primary N) is 1. The minimum atomic E-state index is -2.46. The minimum absolute atomic E-state index is 0.0513. The Morgan fingerprint density at radius 1 is 1.14 bits per heavy atom. The molecule has 1 aliphatic carbocycles. The van der Waals surface area contributed by atoms with Gasteiger partial charge in [-0.1, -0.05) is 10.4 Å². The van der Waals surface area contributed by atoms with Gasteiger partial charge in [0.25, 0.3) is 0 Å². The van der Waals surface area contributed by atoms with E-state index in [-0.39, 0.29) is 12.4 Å². The van der Waals surface area contributed by atoms with Gasteiger partial charge in [-0.25, -0.2) is 9.97 Å². The topological polar surface area (TPSA) is 132 Å². The van der Waals surface area contributed by atoms with Crippen LogP contribution in [0.25, 0.3) is 11.3 Å². The third kappa shape index (κ3) is 4.96. The summed E-state index contributed by atoms with van der Waals surface area (Å²) in [5, 5.41) is 16.1. The van der Waals surface area contributed by atoms with Crippen LogP contribution in [0.2, 0.25) is 15.6 Å². The number of aliphatic hydroxyl groups is 1. The minimum Gasteiger partial charge on any atom is -0.402 e. The summed E-state index contributed by atoms with van der Waals surface area (Å²) in [6, 6.07) is 1.75. The molecule has 1 aliphatic rings. The van der Waals surface area contributed by atoms with E-state index in [1.54, 1.807) is 18.5 Å². The van der Waals surface area contributed by atoms with Gasteiger partial charge in [0.05, 0.1) is 65.0 Å². The lowest BCUT2D eigenvalue weighted by molar-refractivity contribution is -0.100. The van der Waals surface area contributed by atoms with Crippen LogP contribution in [0, 0.1) is 17.2 Å². The van der Waals surface area contributed by atoms with Crippen molar-refractivity contribution < 1.29 is 14.6 Å². The molecule has 2 aromatic rings. The third-order valence-corrected chi connectivity index (χ3v) is 6.31. The molecule has 0 spiro atoms. The maximum Gasteiger partial charge on any atom is 0.161 e. The van der Waals surface area contributed by atoms with E-state index in [1.165, 1.54) is 32.2 Å². The average molecular weight is 457 g/mol. The van der Waals surface area contributed by atoms with Crippen LogP contribution in [0.5, 0.6) is 0 Å². The van der Waals surface area contributed by atoms with E-state index < -0.39 is 33.3 Å². The molecule has 3 rings (SSSR count). The molecule has 0 bridgehead atoms. The molecule has 1 saturated carbocycles. The zero-order valence-electron chi connectivity index (χ0n) is 19.9. The average Bonchev–Trinajstić information content (AvgIpc) is 3.26. The van der Waals surface area contributed by atoms with Crippen LogP contribution in [-0.2, 0) is 22.4 Å². The van der Waals surface area contributed by atoms with Crippen molar-refractivity contribution in [3.8, 4) is 17.3 Å². The van der Waals surface area contributed by atoms with Gasteiger partial charge in [0, 0.05) is 56.9 Å². The highest BCUT2D eigenvalue weighted by atomic mass is 16.7. The Morgan fingerprint density at radius 2 is 1.71 bits per heavy atom. The van der Waals surface area contributed by atoms with Crippen molar-refractivity contribution in [2.45, 2.75) is 47.3 Å². The van der Waals surface area contributed by atoms with Gasteiger partial charge >= 0.3 is 0 Å². The highest BCUT2D eigenvalue weighted by Gasteiger charge is 2.66. The number of hydrogen-bond acceptors (Lipinski definition) is 8. The second-order valence-electron chi connectivity index (χ2n) is 8.42. The Labute approximate surface area is 215 Å². The number of nitriles is 1. The lowest BCUT2D eigenvalue weighted by Crippen LogP contribution is -2.51. The lowest BCUT2D eigenvalue weighted by Gasteiger charge is -2.49. The van der Waals surface area contributed by atoms with E-state index >= 15 is 0 Å². The quantitative estimate of drug-likeness (QED) is 0.378. The lowest BCUT2D eigenvalue weighted by atomic mass is 9.25. The Hall–Kier alpha value is -2.09. The maximum absolute atomic E-state index is 10.6. The molecule has 3 N–H and O–H groups in total. The van der Waals surface area contributed by atoms with Crippen molar-refractivity contribution in [1.29, 1.82) is 5.26 Å². The van der Waals surface area contributed by atoms with E-state index in [0.717, 1.165) is 0 Å². The van der Waals surface area contributed by atoms with Gasteiger partial charge < -0.3 is 20.3 Å². The summed E-state index contributed by atoms with van der Waals surface area (Å²) in [4.78, 5) is 8.37. The fourth-order valence-corrected chi connectivity index (χ4v) is 4.02. The predicted octanol–water partition coefficient (Wildman–Crippen LogP) is -1.54. The van der Waals surface area contributed by atoms with Crippen LogP contribution in [0.3, 0.4) is 0 Å². The van der Waals surface area contributed by atoms with Crippen LogP contribution in [0.1, 0.15) is 12.5 Å². The largest absolute Gasteiger partial charge is 0.402 e. The molecule has 0 amide bonds. The summed E-state index contributed by atoms with van der Waals surface area (Å²) >= 11 is 0. The number of methoxy groups -OCH3 is 2. The molecule has 2 aromatic heterocycles. The summed E-state index contributed by atoms with van der Waals surface area (Å²) in [6.07, 6.45) is 4.28. The highest BCUT2D eigenvalue weighted by Crippen LogP contribution is 2.72. The molecular weight excluding hydrogens is 436 g/mol. The van der Waals surface area contributed by atoms with Crippen molar-refractivity contribution in [3.05, 3.63) is 24.3 Å². The predicted molar refractivity (Wildman–Crippen MR) is 137 cm³/mol. The molecular formula is C19H21B7N6O3. The first kappa shape index (κ1) is 29.1. The van der Waals surface area contributed by atoms with E-state index in [2.05, 4.69) is 15.1 Å². The Kier molecular flexibility index (Phi) is 8.74. The maximum atomic E-state index is 10.6. The zero-order chi connectivity index (χ0) is 26.8. The Morgan fingerprint density at radius 3 is 2.20 bits per heavy atom. The number of aromatic nitrogens is 4. The molecule has 0 saturated heterocycles. The molecule has 2 unspecified atom stereocenters. The smallest absolute Gasteiger partial charge is 0.161 e. The molecule has 2 atom stereocenters. The molecule has 1 fully saturated rings. The molecule has 9 nitrogen and oxygen atoms in total. The number of rotatable bonds is 7. The first-order valence-corrected chi connectivity index (χ1v) is 10.4. The number of hydrogen-bond donors (Lipinski definition) is 2. The van der Waals surface area contributed by atoms with Crippen LogP contribution in [0.15, 0.2) is 18.7 Å². The normalized spacial score (nSPS) is 23.8. The number of nitrogen functional groups attached to an aromatic ring is 1. The van der Waals surface area contributed by atoms with Gasteiger partial charge in [0.1, 0.15) is 20.0 Å². The van der Waals surface area contributed by atoms with Gasteiger partial charge in [0.15, 0.2) is 6.29 Å². The van der Waals surface area contributed by atoms with Gasteiger partial charge in [-0.15, -0.1) is 5.21 Å². The standard InChI is InChI=1S/C17H18B7N5O3.C2H3N/c1-31-11(32-2)3-9-12(26-7-27-13(9)25)8-4-28-29(5-8)6-10-14(18,19)16(22,23)17(24,30)15(10,20)21;1-2-3/h4-5,7,10-11,30H,3,6H2,1-2H3,(H2,25,26,27);1H3. The molecule has 0 aromatic carbocycles. The van der Waals surface area contributed by atoms with Crippen LogP contribution < -0.4 is 5.73 Å². The summed E-state index contributed by atoms with van der Waals surface area (Å²) < 4.78 is 12.0.